The number of anilines is 3. The molecule has 0 aliphatic rings. The number of nitrogens with two attached hydrogens (primary N) is 2. The molecule has 0 aromatic heterocycles. The Morgan fingerprint density at radius 1 is 1.15 bits per heavy atom. The summed E-state index contributed by atoms with van der Waals surface area (Å²) < 4.78 is 35.8. The van der Waals surface area contributed by atoms with E-state index >= 15 is 0 Å². The molecule has 20 heavy (non-hydrogen) atoms. The molecule has 0 heterocycles. The van der Waals surface area contributed by atoms with Crippen LogP contribution in [0.5, 0.6) is 0 Å². The van der Waals surface area contributed by atoms with E-state index in [2.05, 4.69) is 5.32 Å². The second-order valence-electron chi connectivity index (χ2n) is 4.38. The molecule has 0 saturated heterocycles. The van der Waals surface area contributed by atoms with Gasteiger partial charge in [-0.1, -0.05) is 0 Å². The third-order valence-electron chi connectivity index (χ3n) is 2.79. The molecule has 5 N–H and O–H groups in total. The number of nitrogen functional groups attached to an aromatic ring is 1. The van der Waals surface area contributed by atoms with Crippen LogP contribution in [0, 0.1) is 12.7 Å². The largest absolute Gasteiger partial charge is 0.397 e. The maximum Gasteiger partial charge on any atom is 0.238 e. The van der Waals surface area contributed by atoms with Crippen LogP contribution >= 0.6 is 0 Å². The van der Waals surface area contributed by atoms with E-state index in [0.717, 1.165) is 0 Å². The fourth-order valence-electron chi connectivity index (χ4n) is 1.70. The summed E-state index contributed by atoms with van der Waals surface area (Å²) in [7, 11) is -3.80. The smallest absolute Gasteiger partial charge is 0.238 e. The van der Waals surface area contributed by atoms with Crippen molar-refractivity contribution in [3.63, 3.8) is 0 Å². The van der Waals surface area contributed by atoms with Gasteiger partial charge in [-0.15, -0.1) is 0 Å². The molecule has 0 aliphatic carbocycles. The van der Waals surface area contributed by atoms with E-state index in [0.29, 0.717) is 22.6 Å². The number of aryl methyl sites for hydroxylation is 1. The SMILES string of the molecule is Cc1cc(Nc2cc(S(N)(=O)=O)ccc2N)ccc1F. The Labute approximate surface area is 116 Å². The molecule has 0 spiro atoms. The van der Waals surface area contributed by atoms with Gasteiger partial charge in [-0.25, -0.2) is 17.9 Å². The van der Waals surface area contributed by atoms with E-state index in [9.17, 15) is 12.8 Å². The van der Waals surface area contributed by atoms with E-state index < -0.39 is 10.0 Å². The van der Waals surface area contributed by atoms with Crippen molar-refractivity contribution in [1.82, 2.24) is 0 Å². The summed E-state index contributed by atoms with van der Waals surface area (Å²) in [5.41, 5.74) is 7.60. The Hall–Kier alpha value is -2.12. The first kappa shape index (κ1) is 14.3. The van der Waals surface area contributed by atoms with Crippen molar-refractivity contribution in [3.05, 3.63) is 47.8 Å². The van der Waals surface area contributed by atoms with Crippen LogP contribution in [0.2, 0.25) is 0 Å². The Bertz CT molecular complexity index is 760. The third kappa shape index (κ3) is 3.06. The van der Waals surface area contributed by atoms with Crippen LogP contribution < -0.4 is 16.2 Å². The molecular weight excluding hydrogens is 281 g/mol. The minimum Gasteiger partial charge on any atom is -0.397 e. The van der Waals surface area contributed by atoms with Gasteiger partial charge in [0.05, 0.1) is 16.3 Å². The lowest BCUT2D eigenvalue weighted by Crippen LogP contribution is -2.12. The van der Waals surface area contributed by atoms with Crippen LogP contribution in [0.25, 0.3) is 0 Å². The van der Waals surface area contributed by atoms with Crippen molar-refractivity contribution < 1.29 is 12.8 Å². The van der Waals surface area contributed by atoms with Crippen molar-refractivity contribution >= 4 is 27.1 Å². The Morgan fingerprint density at radius 3 is 2.45 bits per heavy atom. The highest BCUT2D eigenvalue weighted by Gasteiger charge is 2.10. The number of primary sulfonamides is 1. The molecule has 2 rings (SSSR count). The first-order chi connectivity index (χ1) is 9.27. The minimum absolute atomic E-state index is 0.0481. The summed E-state index contributed by atoms with van der Waals surface area (Å²) in [6, 6.07) is 8.55. The number of benzene rings is 2. The fourth-order valence-corrected chi connectivity index (χ4v) is 2.24. The van der Waals surface area contributed by atoms with Crippen molar-refractivity contribution in [3.8, 4) is 0 Å². The number of hydrogen-bond donors (Lipinski definition) is 3. The molecule has 106 valence electrons. The zero-order chi connectivity index (χ0) is 14.9. The first-order valence-electron chi connectivity index (χ1n) is 5.73. The molecule has 2 aromatic rings. The molecule has 5 nitrogen and oxygen atoms in total. The summed E-state index contributed by atoms with van der Waals surface area (Å²) in [6.07, 6.45) is 0. The normalized spacial score (nSPS) is 11.3. The van der Waals surface area contributed by atoms with Gasteiger partial charge in [0.15, 0.2) is 0 Å². The molecule has 0 amide bonds. The average Bonchev–Trinajstić information content (AvgIpc) is 2.35. The van der Waals surface area contributed by atoms with Crippen LogP contribution in [-0.2, 0) is 10.0 Å². The van der Waals surface area contributed by atoms with Crippen molar-refractivity contribution in [2.75, 3.05) is 11.1 Å². The van der Waals surface area contributed by atoms with Crippen LogP contribution in [-0.4, -0.2) is 8.42 Å². The number of halogens is 1. The molecule has 0 unspecified atom stereocenters. The molecule has 0 fully saturated rings. The summed E-state index contributed by atoms with van der Waals surface area (Å²) in [4.78, 5) is -0.0481. The maximum absolute atomic E-state index is 13.2. The predicted molar refractivity (Wildman–Crippen MR) is 76.6 cm³/mol. The fraction of sp³-hybridized carbons (Fsp3) is 0.0769. The highest BCUT2D eigenvalue weighted by molar-refractivity contribution is 7.89. The van der Waals surface area contributed by atoms with Gasteiger partial charge in [0.25, 0.3) is 0 Å². The van der Waals surface area contributed by atoms with Gasteiger partial charge in [0, 0.05) is 5.69 Å². The lowest BCUT2D eigenvalue weighted by atomic mass is 10.2. The Balaban J connectivity index is 2.40. The topological polar surface area (TPSA) is 98.2 Å². The molecule has 7 heteroatoms. The molecule has 0 aliphatic heterocycles. The highest BCUT2D eigenvalue weighted by Crippen LogP contribution is 2.26. The van der Waals surface area contributed by atoms with Crippen LogP contribution in [0.1, 0.15) is 5.56 Å². The third-order valence-corrected chi connectivity index (χ3v) is 3.70. The quantitative estimate of drug-likeness (QED) is 0.755. The summed E-state index contributed by atoms with van der Waals surface area (Å²) in [5.74, 6) is -0.318. The Kier molecular flexibility index (Phi) is 3.65. The van der Waals surface area contributed by atoms with Crippen molar-refractivity contribution in [2.24, 2.45) is 5.14 Å². The average molecular weight is 295 g/mol. The molecular formula is C13H14FN3O2S. The van der Waals surface area contributed by atoms with Crippen LogP contribution in [0.15, 0.2) is 41.3 Å². The zero-order valence-electron chi connectivity index (χ0n) is 10.7. The minimum atomic E-state index is -3.80. The number of nitrogens with one attached hydrogen (secondary N) is 1. The van der Waals surface area contributed by atoms with Gasteiger partial charge < -0.3 is 11.1 Å². The molecule has 2 aromatic carbocycles. The van der Waals surface area contributed by atoms with Gasteiger partial charge in [-0.05, 0) is 48.9 Å². The van der Waals surface area contributed by atoms with E-state index in [1.807, 2.05) is 0 Å². The number of sulfonamides is 1. The van der Waals surface area contributed by atoms with Crippen LogP contribution in [0.4, 0.5) is 21.5 Å². The second-order valence-corrected chi connectivity index (χ2v) is 5.94. The molecule has 0 bridgehead atoms. The second kappa shape index (κ2) is 5.10. The van der Waals surface area contributed by atoms with E-state index in [1.54, 1.807) is 13.0 Å². The van der Waals surface area contributed by atoms with Gasteiger partial charge in [-0.2, -0.15) is 0 Å². The maximum atomic E-state index is 13.2. The summed E-state index contributed by atoms with van der Waals surface area (Å²) in [6.45, 7) is 1.63. The van der Waals surface area contributed by atoms with Crippen LogP contribution in [0.3, 0.4) is 0 Å². The Morgan fingerprint density at radius 2 is 1.85 bits per heavy atom. The molecule has 0 radical (unpaired) electrons. The lowest BCUT2D eigenvalue weighted by molar-refractivity contribution is 0.598. The first-order valence-corrected chi connectivity index (χ1v) is 7.27. The number of rotatable bonds is 3. The summed E-state index contributed by atoms with van der Waals surface area (Å²) >= 11 is 0. The lowest BCUT2D eigenvalue weighted by Gasteiger charge is -2.11. The van der Waals surface area contributed by atoms with Gasteiger partial charge in [0.2, 0.25) is 10.0 Å². The monoisotopic (exact) mass is 295 g/mol. The van der Waals surface area contributed by atoms with E-state index in [1.165, 1.54) is 30.3 Å². The van der Waals surface area contributed by atoms with Crippen molar-refractivity contribution in [2.45, 2.75) is 11.8 Å². The highest BCUT2D eigenvalue weighted by atomic mass is 32.2. The van der Waals surface area contributed by atoms with Gasteiger partial charge in [0.1, 0.15) is 5.82 Å². The van der Waals surface area contributed by atoms with Gasteiger partial charge in [-0.3, -0.25) is 0 Å². The van der Waals surface area contributed by atoms with Gasteiger partial charge >= 0.3 is 0 Å². The standard InChI is InChI=1S/C13H14FN3O2S/c1-8-6-9(2-4-11(8)14)17-13-7-10(20(16,18)19)3-5-12(13)15/h2-7,17H,15H2,1H3,(H2,16,18,19). The molecule has 0 saturated carbocycles. The predicted octanol–water partition coefficient (Wildman–Crippen LogP) is 2.11. The van der Waals surface area contributed by atoms with E-state index in [-0.39, 0.29) is 10.7 Å². The molecule has 0 atom stereocenters. The number of hydrogen-bond acceptors (Lipinski definition) is 4. The zero-order valence-corrected chi connectivity index (χ0v) is 11.5. The van der Waals surface area contributed by atoms with E-state index in [4.69, 9.17) is 10.9 Å². The van der Waals surface area contributed by atoms with Crippen molar-refractivity contribution in [1.29, 1.82) is 0 Å². The summed E-state index contributed by atoms with van der Waals surface area (Å²) in [5, 5.41) is 8.01.